The minimum atomic E-state index is -0.361. The van der Waals surface area contributed by atoms with Crippen LogP contribution in [0.15, 0.2) is 9.59 Å². The van der Waals surface area contributed by atoms with Crippen molar-refractivity contribution in [1.82, 2.24) is 9.55 Å². The summed E-state index contributed by atoms with van der Waals surface area (Å²) in [5.74, 6) is 0.212. The van der Waals surface area contributed by atoms with Crippen molar-refractivity contribution in [1.29, 1.82) is 0 Å². The monoisotopic (exact) mass is 310 g/mol. The van der Waals surface area contributed by atoms with Gasteiger partial charge >= 0.3 is 5.69 Å². The maximum Gasteiger partial charge on any atom is 0.329 e. The molecule has 1 aromatic rings. The van der Waals surface area contributed by atoms with Crippen LogP contribution in [0.2, 0.25) is 5.15 Å². The van der Waals surface area contributed by atoms with Gasteiger partial charge in [0, 0.05) is 6.54 Å². The molecule has 2 saturated carbocycles. The van der Waals surface area contributed by atoms with Crippen molar-refractivity contribution in [3.63, 3.8) is 0 Å². The Bertz CT molecular complexity index is 635. The van der Waals surface area contributed by atoms with Gasteiger partial charge in [-0.2, -0.15) is 0 Å². The van der Waals surface area contributed by atoms with Crippen LogP contribution in [0.1, 0.15) is 69.8 Å². The van der Waals surface area contributed by atoms with E-state index in [9.17, 15) is 9.59 Å². The number of hydrogen-bond acceptors (Lipinski definition) is 2. The van der Waals surface area contributed by atoms with Crippen LogP contribution in [0.3, 0.4) is 0 Å². The molecule has 0 spiro atoms. The summed E-state index contributed by atoms with van der Waals surface area (Å²) in [6.45, 7) is 2.69. The highest BCUT2D eigenvalue weighted by molar-refractivity contribution is 6.30. The largest absolute Gasteiger partial charge is 0.329 e. The Morgan fingerprint density at radius 3 is 2.43 bits per heavy atom. The topological polar surface area (TPSA) is 54.9 Å². The van der Waals surface area contributed by atoms with Crippen LogP contribution >= 0.6 is 11.6 Å². The van der Waals surface area contributed by atoms with Gasteiger partial charge < -0.3 is 0 Å². The lowest BCUT2D eigenvalue weighted by Gasteiger charge is -2.24. The molecule has 0 radical (unpaired) electrons. The maximum absolute atomic E-state index is 12.8. The summed E-state index contributed by atoms with van der Waals surface area (Å²) < 4.78 is 1.39. The van der Waals surface area contributed by atoms with Gasteiger partial charge in [0.25, 0.3) is 5.56 Å². The lowest BCUT2D eigenvalue weighted by atomic mass is 9.88. The summed E-state index contributed by atoms with van der Waals surface area (Å²) >= 11 is 6.17. The molecule has 0 aromatic carbocycles. The second kappa shape index (κ2) is 5.64. The van der Waals surface area contributed by atoms with Crippen molar-refractivity contribution in [3.8, 4) is 0 Å². The molecular weight excluding hydrogens is 288 g/mol. The molecule has 1 heterocycles. The first-order valence-electron chi connectivity index (χ1n) is 8.03. The third-order valence-electron chi connectivity index (χ3n) is 5.29. The molecule has 0 saturated heterocycles. The van der Waals surface area contributed by atoms with E-state index in [0.29, 0.717) is 12.1 Å². The Balaban J connectivity index is 2.02. The van der Waals surface area contributed by atoms with Crippen LogP contribution in [-0.2, 0) is 6.54 Å². The number of H-pyrrole nitrogens is 1. The highest BCUT2D eigenvalue weighted by atomic mass is 35.5. The van der Waals surface area contributed by atoms with Crippen LogP contribution in [0.5, 0.6) is 0 Å². The fourth-order valence-corrected chi connectivity index (χ4v) is 4.36. The SMILES string of the molecule is CC1(Cn2c(=O)[nH]c(Cl)c(C3CCCC3)c2=O)CCCC1. The summed E-state index contributed by atoms with van der Waals surface area (Å²) in [4.78, 5) is 27.7. The molecule has 21 heavy (non-hydrogen) atoms. The van der Waals surface area contributed by atoms with E-state index in [4.69, 9.17) is 11.6 Å². The van der Waals surface area contributed by atoms with Crippen molar-refractivity contribution >= 4 is 11.6 Å². The number of nitrogens with zero attached hydrogens (tertiary/aromatic N) is 1. The number of rotatable bonds is 3. The molecule has 5 heteroatoms. The van der Waals surface area contributed by atoms with Crippen molar-refractivity contribution < 1.29 is 0 Å². The smallest absolute Gasteiger partial charge is 0.297 e. The number of nitrogens with one attached hydrogen (secondary N) is 1. The van der Waals surface area contributed by atoms with E-state index in [1.807, 2.05) is 0 Å². The number of aromatic amines is 1. The minimum Gasteiger partial charge on any atom is -0.297 e. The molecule has 4 nitrogen and oxygen atoms in total. The predicted octanol–water partition coefficient (Wildman–Crippen LogP) is 3.43. The van der Waals surface area contributed by atoms with E-state index in [1.165, 1.54) is 17.4 Å². The zero-order valence-corrected chi connectivity index (χ0v) is 13.3. The average Bonchev–Trinajstić information content (AvgIpc) is 3.07. The van der Waals surface area contributed by atoms with E-state index in [-0.39, 0.29) is 27.7 Å². The fourth-order valence-electron chi connectivity index (χ4n) is 4.04. The first kappa shape index (κ1) is 14.9. The van der Waals surface area contributed by atoms with E-state index in [2.05, 4.69) is 11.9 Å². The second-order valence-corrected chi connectivity index (χ2v) is 7.43. The lowest BCUT2D eigenvalue weighted by molar-refractivity contribution is 0.271. The first-order valence-corrected chi connectivity index (χ1v) is 8.40. The van der Waals surface area contributed by atoms with Gasteiger partial charge in [-0.25, -0.2) is 4.79 Å². The molecule has 116 valence electrons. The van der Waals surface area contributed by atoms with Gasteiger partial charge in [-0.3, -0.25) is 14.3 Å². The lowest BCUT2D eigenvalue weighted by Crippen LogP contribution is -2.41. The molecule has 0 atom stereocenters. The Kier molecular flexibility index (Phi) is 4.00. The van der Waals surface area contributed by atoms with Crippen LogP contribution in [0.25, 0.3) is 0 Å². The third kappa shape index (κ3) is 2.83. The zero-order valence-electron chi connectivity index (χ0n) is 12.6. The molecule has 2 aliphatic rings. The van der Waals surface area contributed by atoms with Crippen molar-refractivity contribution in [2.45, 2.75) is 70.8 Å². The normalized spacial score (nSPS) is 22.0. The van der Waals surface area contributed by atoms with E-state index in [0.717, 1.165) is 38.5 Å². The summed E-state index contributed by atoms with van der Waals surface area (Å²) in [5.41, 5.74) is 0.177. The molecule has 1 N–H and O–H groups in total. The highest BCUT2D eigenvalue weighted by Crippen LogP contribution is 2.39. The first-order chi connectivity index (χ1) is 10.0. The standard InChI is InChI=1S/C16H23ClN2O2/c1-16(8-4-5-9-16)10-19-14(20)12(11-6-2-3-7-11)13(17)18-15(19)21/h11H,2-10H2,1H3,(H,18,21). The van der Waals surface area contributed by atoms with Crippen molar-refractivity contribution in [2.24, 2.45) is 5.41 Å². The third-order valence-corrected chi connectivity index (χ3v) is 5.59. The van der Waals surface area contributed by atoms with Gasteiger partial charge in [0.05, 0.1) is 5.56 Å². The summed E-state index contributed by atoms with van der Waals surface area (Å²) in [7, 11) is 0. The highest BCUT2D eigenvalue weighted by Gasteiger charge is 2.32. The van der Waals surface area contributed by atoms with Gasteiger partial charge in [0.2, 0.25) is 0 Å². The number of hydrogen-bond donors (Lipinski definition) is 1. The molecule has 1 aromatic heterocycles. The van der Waals surface area contributed by atoms with Gasteiger partial charge in [-0.1, -0.05) is 44.2 Å². The van der Waals surface area contributed by atoms with E-state index < -0.39 is 0 Å². The Morgan fingerprint density at radius 1 is 1.19 bits per heavy atom. The second-order valence-electron chi connectivity index (χ2n) is 7.05. The summed E-state index contributed by atoms with van der Waals surface area (Å²) in [6.07, 6.45) is 8.81. The number of aromatic nitrogens is 2. The molecule has 0 unspecified atom stereocenters. The van der Waals surface area contributed by atoms with Gasteiger partial charge in [-0.05, 0) is 37.0 Å². The summed E-state index contributed by atoms with van der Waals surface area (Å²) in [5, 5.41) is 0.254. The quantitative estimate of drug-likeness (QED) is 0.870. The van der Waals surface area contributed by atoms with Gasteiger partial charge in [0.1, 0.15) is 5.15 Å². The average molecular weight is 311 g/mol. The van der Waals surface area contributed by atoms with Crippen LogP contribution in [-0.4, -0.2) is 9.55 Å². The van der Waals surface area contributed by atoms with Crippen LogP contribution in [0, 0.1) is 5.41 Å². The Labute approximate surface area is 129 Å². The number of halogens is 1. The molecule has 0 aliphatic heterocycles. The molecule has 0 bridgehead atoms. The Hall–Kier alpha value is -1.03. The Morgan fingerprint density at radius 2 is 1.81 bits per heavy atom. The predicted molar refractivity (Wildman–Crippen MR) is 84.1 cm³/mol. The molecule has 0 amide bonds. The molecule has 3 rings (SSSR count). The van der Waals surface area contributed by atoms with Crippen molar-refractivity contribution in [2.75, 3.05) is 0 Å². The fraction of sp³-hybridized carbons (Fsp3) is 0.750. The van der Waals surface area contributed by atoms with Crippen LogP contribution in [0.4, 0.5) is 0 Å². The maximum atomic E-state index is 12.8. The van der Waals surface area contributed by atoms with Crippen LogP contribution < -0.4 is 11.2 Å². The minimum absolute atomic E-state index is 0.0671. The molecule has 2 aliphatic carbocycles. The van der Waals surface area contributed by atoms with Crippen molar-refractivity contribution in [3.05, 3.63) is 31.6 Å². The summed E-state index contributed by atoms with van der Waals surface area (Å²) in [6, 6.07) is 0. The van der Waals surface area contributed by atoms with Gasteiger partial charge in [0.15, 0.2) is 0 Å². The zero-order chi connectivity index (χ0) is 15.0. The molecule has 2 fully saturated rings. The molecular formula is C16H23ClN2O2. The van der Waals surface area contributed by atoms with E-state index in [1.54, 1.807) is 0 Å². The van der Waals surface area contributed by atoms with E-state index >= 15 is 0 Å². The van der Waals surface area contributed by atoms with Gasteiger partial charge in [-0.15, -0.1) is 0 Å².